The number of fused-ring (bicyclic) bond motifs is 3. The Hall–Kier alpha value is -2.05. The zero-order chi connectivity index (χ0) is 29.6. The predicted molar refractivity (Wildman–Crippen MR) is 116 cm³/mol. The molecule has 3 saturated heterocycles. The van der Waals surface area contributed by atoms with Gasteiger partial charge < -0.3 is 24.2 Å². The lowest BCUT2D eigenvalue weighted by molar-refractivity contribution is -0.201. The second-order valence-corrected chi connectivity index (χ2v) is 12.3. The number of rotatable bonds is 9. The van der Waals surface area contributed by atoms with Crippen LogP contribution >= 0.6 is 15.6 Å². The summed E-state index contributed by atoms with van der Waals surface area (Å²) in [7, 11) is -10.8. The van der Waals surface area contributed by atoms with E-state index in [1.54, 1.807) is 0 Å². The first-order valence-electron chi connectivity index (χ1n) is 11.3. The number of hydrogen-bond donors (Lipinski definition) is 3. The molecule has 0 amide bonds. The molecular formula is C19H19F5N2O12P2. The molecule has 0 radical (unpaired) electrons. The number of alkyl halides is 3. The van der Waals surface area contributed by atoms with Crippen molar-refractivity contribution in [1.82, 2.24) is 9.13 Å². The number of phosphoric ester groups is 1. The van der Waals surface area contributed by atoms with E-state index in [2.05, 4.69) is 8.83 Å². The summed E-state index contributed by atoms with van der Waals surface area (Å²) in [4.78, 5) is 52.7. The van der Waals surface area contributed by atoms with Crippen LogP contribution in [-0.4, -0.2) is 48.4 Å². The number of hydrogen-bond acceptors (Lipinski definition) is 9. The molecule has 0 saturated carbocycles. The number of aromatic nitrogens is 2. The molecule has 1 aromatic rings. The summed E-state index contributed by atoms with van der Waals surface area (Å²) in [5.41, 5.74) is -4.89. The Labute approximate surface area is 219 Å². The molecule has 5 rings (SSSR count). The Morgan fingerprint density at radius 2 is 1.82 bits per heavy atom. The number of allylic oxidation sites excluding steroid dienone is 4. The smallest absolute Gasteiger partial charge is 0.333 e. The molecule has 4 aliphatic rings. The fourth-order valence-corrected chi connectivity index (χ4v) is 6.23. The molecule has 0 bridgehead atoms. The maximum atomic E-state index is 14.2. The fraction of sp³-hybridized carbons (Fsp3) is 0.579. The van der Waals surface area contributed by atoms with E-state index < -0.39 is 99.7 Å². The van der Waals surface area contributed by atoms with Gasteiger partial charge in [-0.05, 0) is 18.4 Å². The van der Waals surface area contributed by atoms with Gasteiger partial charge in [-0.1, -0.05) is 6.92 Å². The van der Waals surface area contributed by atoms with Gasteiger partial charge in [0.05, 0.1) is 0 Å². The number of phosphoric acid groups is 2. The van der Waals surface area contributed by atoms with Gasteiger partial charge in [-0.2, -0.15) is 17.5 Å². The maximum absolute atomic E-state index is 14.2. The van der Waals surface area contributed by atoms with Crippen molar-refractivity contribution in [1.29, 1.82) is 0 Å². The molecule has 14 nitrogen and oxygen atoms in total. The van der Waals surface area contributed by atoms with Crippen LogP contribution < -0.4 is 11.2 Å². The molecule has 0 aromatic carbocycles. The molecule has 0 spiro atoms. The highest BCUT2D eigenvalue weighted by molar-refractivity contribution is 7.60. The molecule has 3 fully saturated rings. The first kappa shape index (κ1) is 29.4. The highest BCUT2D eigenvalue weighted by Gasteiger charge is 2.87. The minimum Gasteiger partial charge on any atom is -0.333 e. The van der Waals surface area contributed by atoms with Crippen molar-refractivity contribution in [3.63, 3.8) is 0 Å². The minimum absolute atomic E-state index is 0.0170. The Bertz CT molecular complexity index is 1550. The molecule has 6 atom stereocenters. The minimum atomic E-state index is -5.46. The third-order valence-electron chi connectivity index (χ3n) is 6.61. The quantitative estimate of drug-likeness (QED) is 0.206. The van der Waals surface area contributed by atoms with Gasteiger partial charge in [0.25, 0.3) is 11.5 Å². The van der Waals surface area contributed by atoms with Crippen LogP contribution in [0.5, 0.6) is 0 Å². The van der Waals surface area contributed by atoms with Crippen molar-refractivity contribution in [2.75, 3.05) is 6.61 Å². The average molecular weight is 624 g/mol. The van der Waals surface area contributed by atoms with E-state index in [1.165, 1.54) is 6.92 Å². The summed E-state index contributed by atoms with van der Waals surface area (Å²) < 4.78 is 116. The van der Waals surface area contributed by atoms with Gasteiger partial charge in [0.15, 0.2) is 12.2 Å². The van der Waals surface area contributed by atoms with Gasteiger partial charge in [-0.15, -0.1) is 0 Å². The summed E-state index contributed by atoms with van der Waals surface area (Å²) in [6, 6.07) is 0. The number of halogens is 5. The van der Waals surface area contributed by atoms with Crippen LogP contribution in [-0.2, 0) is 50.8 Å². The van der Waals surface area contributed by atoms with Gasteiger partial charge in [0.1, 0.15) is 23.8 Å². The number of ether oxygens (including phenoxy) is 3. The predicted octanol–water partition coefficient (Wildman–Crippen LogP) is 1.90. The van der Waals surface area contributed by atoms with Gasteiger partial charge in [0.2, 0.25) is 5.79 Å². The second-order valence-electron chi connectivity index (χ2n) is 9.42. The molecule has 6 unspecified atom stereocenters. The van der Waals surface area contributed by atoms with E-state index in [0.29, 0.717) is 10.6 Å². The monoisotopic (exact) mass is 624 g/mol. The van der Waals surface area contributed by atoms with Crippen LogP contribution in [0.4, 0.5) is 22.0 Å². The van der Waals surface area contributed by atoms with Gasteiger partial charge in [-0.25, -0.2) is 27.3 Å². The van der Waals surface area contributed by atoms with Crippen LogP contribution in [0.1, 0.15) is 25.3 Å². The summed E-state index contributed by atoms with van der Waals surface area (Å²) in [5, 5.41) is 0. The average Bonchev–Trinajstić information content (AvgIpc) is 3.68. The number of nitrogens with zero attached hydrogens (tertiary/aromatic N) is 2. The lowest BCUT2D eigenvalue weighted by Gasteiger charge is -2.22. The zero-order valence-corrected chi connectivity index (χ0v) is 21.7. The van der Waals surface area contributed by atoms with Crippen LogP contribution in [0.25, 0.3) is 0 Å². The summed E-state index contributed by atoms with van der Waals surface area (Å²) in [6.45, 7) is -0.290. The molecule has 21 heteroatoms. The largest absolute Gasteiger partial charge is 0.481 e. The molecular weight excluding hydrogens is 605 g/mol. The molecule has 4 heterocycles. The van der Waals surface area contributed by atoms with Crippen LogP contribution in [0, 0.1) is 5.92 Å². The van der Waals surface area contributed by atoms with Crippen molar-refractivity contribution in [3.05, 3.63) is 55.9 Å². The Morgan fingerprint density at radius 3 is 2.45 bits per heavy atom. The van der Waals surface area contributed by atoms with Crippen molar-refractivity contribution in [2.45, 2.75) is 56.4 Å². The second kappa shape index (κ2) is 9.22. The summed E-state index contributed by atoms with van der Waals surface area (Å²) >= 11 is 0. The Kier molecular flexibility index (Phi) is 6.79. The lowest BCUT2D eigenvalue weighted by atomic mass is 9.92. The first-order chi connectivity index (χ1) is 18.3. The van der Waals surface area contributed by atoms with Gasteiger partial charge >= 0.3 is 27.5 Å². The molecule has 1 aromatic heterocycles. The Morgan fingerprint density at radius 1 is 1.15 bits per heavy atom. The van der Waals surface area contributed by atoms with E-state index in [0.717, 1.165) is 0 Å². The molecule has 3 N–H and O–H groups in total. The number of epoxide rings is 2. The van der Waals surface area contributed by atoms with E-state index in [1.807, 2.05) is 0 Å². The van der Waals surface area contributed by atoms with Crippen molar-refractivity contribution in [3.8, 4) is 0 Å². The standard InChI is InChI=1S/C19H19F5N2O12P2/c1-8-4-9(12(21)5-11(8)20)2-3-25-15(27)10(18(22,23)24)6-26(16(25)28)19-14(36-19)13-17(35-13,37-19)7-34-40(32,33)38-39(29,30)31/h5-6,8,13-14H,2-4,7H2,1H3,(H,32,33)(H2,29,30,31). The third kappa shape index (κ3) is 5.19. The third-order valence-corrected chi connectivity index (χ3v) is 8.74. The van der Waals surface area contributed by atoms with Crippen LogP contribution in [0.3, 0.4) is 0 Å². The summed E-state index contributed by atoms with van der Waals surface area (Å²) in [5.74, 6) is -6.66. The van der Waals surface area contributed by atoms with E-state index >= 15 is 0 Å². The lowest BCUT2D eigenvalue weighted by Crippen LogP contribution is -2.48. The van der Waals surface area contributed by atoms with Crippen LogP contribution in [0.15, 0.2) is 39.1 Å². The molecule has 3 aliphatic heterocycles. The van der Waals surface area contributed by atoms with Crippen molar-refractivity contribution >= 4 is 15.6 Å². The van der Waals surface area contributed by atoms with E-state index in [-0.39, 0.29) is 22.8 Å². The fourth-order valence-electron chi connectivity index (χ4n) is 4.62. The summed E-state index contributed by atoms with van der Waals surface area (Å²) in [6.07, 6.45) is -7.42. The zero-order valence-electron chi connectivity index (χ0n) is 19.9. The van der Waals surface area contributed by atoms with Gasteiger partial charge in [0, 0.05) is 24.7 Å². The topological polar surface area (TPSA) is 192 Å². The maximum Gasteiger partial charge on any atom is 0.481 e. The van der Waals surface area contributed by atoms with E-state index in [9.17, 15) is 45.6 Å². The highest BCUT2D eigenvalue weighted by atomic mass is 31.3. The van der Waals surface area contributed by atoms with Gasteiger partial charge in [-0.3, -0.25) is 18.6 Å². The molecule has 1 aliphatic carbocycles. The first-order valence-corrected chi connectivity index (χ1v) is 14.3. The van der Waals surface area contributed by atoms with Crippen LogP contribution in [0.2, 0.25) is 0 Å². The van der Waals surface area contributed by atoms with Crippen molar-refractivity contribution in [2.24, 2.45) is 5.92 Å². The normalized spacial score (nSPS) is 32.8. The molecule has 222 valence electrons. The SMILES string of the molecule is CC1CC(CCn2c(=O)c(C(F)(F)F)cn(C34OC3C3OC3(COP(=O)(O)OP(=O)(O)O)O4)c2=O)=C(F)C=C1F. The van der Waals surface area contributed by atoms with Crippen molar-refractivity contribution < 1.29 is 68.8 Å². The van der Waals surface area contributed by atoms with E-state index in [4.69, 9.17) is 24.0 Å². The molecule has 40 heavy (non-hydrogen) atoms. The Balaban J connectivity index is 1.43. The highest BCUT2D eigenvalue weighted by Crippen LogP contribution is 2.67.